The molecule has 1 aromatic rings. The Bertz CT molecular complexity index is 1600. The number of carboxylic acid groups (broad SMARTS) is 1. The molecule has 1 aromatic carbocycles. The third-order valence-electron chi connectivity index (χ3n) is 10.9. The molecule has 65 heavy (non-hydrogen) atoms. The summed E-state index contributed by atoms with van der Waals surface area (Å²) < 4.78 is 38.3. The van der Waals surface area contributed by atoms with Crippen molar-refractivity contribution in [3.63, 3.8) is 0 Å². The number of carbonyl (C=O) groups is 4. The van der Waals surface area contributed by atoms with E-state index < -0.39 is 136 Å². The molecule has 0 spiro atoms. The second kappa shape index (κ2) is 27.2. The van der Waals surface area contributed by atoms with Gasteiger partial charge in [-0.15, -0.1) is 0 Å². The molecule has 0 saturated carbocycles. The van der Waals surface area contributed by atoms with Gasteiger partial charge in [-0.2, -0.15) is 0 Å². The van der Waals surface area contributed by atoms with E-state index in [4.69, 9.17) is 33.2 Å². The maximum atomic E-state index is 12.5. The molecule has 0 bridgehead atoms. The summed E-state index contributed by atoms with van der Waals surface area (Å²) >= 11 is 0. The zero-order chi connectivity index (χ0) is 47.6. The number of ether oxygens (including phenoxy) is 7. The predicted molar refractivity (Wildman–Crippen MR) is 215 cm³/mol. The minimum atomic E-state index is -1.92. The molecule has 3 heterocycles. The number of hydrogen-bond acceptors (Lipinski definition) is 21. The molecule has 25 heteroatoms. The zero-order valence-corrected chi connectivity index (χ0v) is 35.4. The van der Waals surface area contributed by atoms with Gasteiger partial charge in [-0.05, 0) is 37.7 Å². The van der Waals surface area contributed by atoms with Gasteiger partial charge in [0.25, 0.3) is 0 Å². The Hall–Kier alpha value is -3.74. The number of alkyl carbamates (subject to hydrolysis) is 1. The van der Waals surface area contributed by atoms with E-state index in [-0.39, 0.29) is 51.5 Å². The molecule has 0 aliphatic carbocycles. The van der Waals surface area contributed by atoms with Crippen molar-refractivity contribution in [3.8, 4) is 0 Å². The van der Waals surface area contributed by atoms with Crippen LogP contribution < -0.4 is 16.0 Å². The molecule has 25 nitrogen and oxygen atoms in total. The zero-order valence-electron chi connectivity index (χ0n) is 35.4. The van der Waals surface area contributed by atoms with E-state index in [1.807, 2.05) is 6.07 Å². The number of rotatable bonds is 25. The lowest BCUT2D eigenvalue weighted by atomic mass is 9.96. The normalized spacial score (nSPS) is 33.1. The first-order valence-corrected chi connectivity index (χ1v) is 21.3. The van der Waals surface area contributed by atoms with Gasteiger partial charge in [0.1, 0.15) is 85.9 Å². The van der Waals surface area contributed by atoms with Crippen LogP contribution in [-0.4, -0.2) is 218 Å². The summed E-state index contributed by atoms with van der Waals surface area (Å²) in [6.07, 6.45) is -24.5. The fourth-order valence-corrected chi connectivity index (χ4v) is 7.05. The third-order valence-corrected chi connectivity index (χ3v) is 10.9. The summed E-state index contributed by atoms with van der Waals surface area (Å²) in [5.41, 5.74) is 0.748. The van der Waals surface area contributed by atoms with Gasteiger partial charge in [0, 0.05) is 25.9 Å². The van der Waals surface area contributed by atoms with Gasteiger partial charge in [-0.1, -0.05) is 30.3 Å². The number of unbranched alkanes of at least 4 members (excludes halogenated alkanes) is 2. The van der Waals surface area contributed by atoms with E-state index in [9.17, 15) is 75.3 Å². The number of benzene rings is 1. The highest BCUT2D eigenvalue weighted by atomic mass is 16.7. The van der Waals surface area contributed by atoms with Crippen molar-refractivity contribution in [1.82, 2.24) is 16.0 Å². The highest BCUT2D eigenvalue weighted by Crippen LogP contribution is 2.31. The Morgan fingerprint density at radius 1 is 0.615 bits per heavy atom. The topological polar surface area (TPSA) is 392 Å². The number of carbonyl (C=O) groups excluding carboxylic acids is 3. The summed E-state index contributed by atoms with van der Waals surface area (Å²) in [4.78, 5) is 48.5. The monoisotopic (exact) mass is 937 g/mol. The van der Waals surface area contributed by atoms with Crippen LogP contribution in [0.15, 0.2) is 30.3 Å². The van der Waals surface area contributed by atoms with Crippen molar-refractivity contribution in [3.05, 3.63) is 35.9 Å². The van der Waals surface area contributed by atoms with Crippen molar-refractivity contribution in [2.24, 2.45) is 0 Å². The quantitative estimate of drug-likeness (QED) is 0.0408. The maximum absolute atomic E-state index is 12.5. The van der Waals surface area contributed by atoms with E-state index in [2.05, 4.69) is 16.0 Å². The minimum absolute atomic E-state index is 0.0118. The average Bonchev–Trinajstić information content (AvgIpc) is 3.29. The van der Waals surface area contributed by atoms with Gasteiger partial charge in [0.15, 0.2) is 18.9 Å². The lowest BCUT2D eigenvalue weighted by Gasteiger charge is -2.46. The molecule has 3 aliphatic heterocycles. The number of aliphatic carboxylic acids is 1. The molecule has 14 N–H and O–H groups in total. The van der Waals surface area contributed by atoms with Gasteiger partial charge in [-0.25, -0.2) is 9.59 Å². The predicted octanol–water partition coefficient (Wildman–Crippen LogP) is -5.21. The molecule has 3 fully saturated rings. The second-order valence-corrected chi connectivity index (χ2v) is 15.7. The van der Waals surface area contributed by atoms with Gasteiger partial charge in [0.2, 0.25) is 11.8 Å². The van der Waals surface area contributed by atoms with E-state index in [1.165, 1.54) is 0 Å². The van der Waals surface area contributed by atoms with Crippen LogP contribution in [0.2, 0.25) is 0 Å². The summed E-state index contributed by atoms with van der Waals surface area (Å²) in [6, 6.07) is 7.73. The molecule has 4 rings (SSSR count). The van der Waals surface area contributed by atoms with Crippen LogP contribution in [0.5, 0.6) is 0 Å². The van der Waals surface area contributed by atoms with Gasteiger partial charge >= 0.3 is 12.1 Å². The highest BCUT2D eigenvalue weighted by molar-refractivity contribution is 5.80. The third kappa shape index (κ3) is 16.2. The van der Waals surface area contributed by atoms with Gasteiger partial charge in [-0.3, -0.25) is 9.59 Å². The van der Waals surface area contributed by atoms with E-state index in [0.29, 0.717) is 25.7 Å². The van der Waals surface area contributed by atoms with Crippen molar-refractivity contribution in [2.75, 3.05) is 39.5 Å². The van der Waals surface area contributed by atoms with E-state index in [0.717, 1.165) is 5.56 Å². The van der Waals surface area contributed by atoms with E-state index >= 15 is 0 Å². The smallest absolute Gasteiger partial charge is 0.408 e. The second-order valence-electron chi connectivity index (χ2n) is 15.7. The SMILES string of the molecule is O=C(CCCCC(=O)NCCO[C@H]1O[C@H](CO[C@H]2O[C@H](CO)[C@@H](O)[C@H](O)[C@@H]2O)[C@@H](O)[C@H](O[C@@H]2O[C@H](CO)[C@@H](O)[C@H](O)[C@@H]2O)[C@@H]1O)NCCCC[C@H](NC(=O)OCc1ccccc1)C(=O)O. The Balaban J connectivity index is 1.17. The molecule has 0 radical (unpaired) electrons. The van der Waals surface area contributed by atoms with Crippen LogP contribution in [0, 0.1) is 0 Å². The molecule has 3 saturated heterocycles. The summed E-state index contributed by atoms with van der Waals surface area (Å²) in [5.74, 6) is -1.88. The number of nitrogens with one attached hydrogen (secondary N) is 3. The molecule has 3 amide bonds. The van der Waals surface area contributed by atoms with Crippen LogP contribution in [0.3, 0.4) is 0 Å². The number of aliphatic hydroxyl groups excluding tert-OH is 10. The Kier molecular flexibility index (Phi) is 22.5. The molecule has 0 aromatic heterocycles. The van der Waals surface area contributed by atoms with Crippen molar-refractivity contribution < 1.29 is 109 Å². The Morgan fingerprint density at radius 2 is 1.17 bits per heavy atom. The minimum Gasteiger partial charge on any atom is -0.480 e. The Labute approximate surface area is 373 Å². The van der Waals surface area contributed by atoms with Crippen LogP contribution in [0.4, 0.5) is 4.79 Å². The Morgan fingerprint density at radius 3 is 1.77 bits per heavy atom. The highest BCUT2D eigenvalue weighted by Gasteiger charge is 2.52. The fraction of sp³-hybridized carbons (Fsp3) is 0.750. The van der Waals surface area contributed by atoms with Crippen molar-refractivity contribution in [2.45, 2.75) is 150 Å². The molecular formula is C40H63N3O22. The first-order valence-electron chi connectivity index (χ1n) is 21.3. The van der Waals surface area contributed by atoms with Crippen molar-refractivity contribution in [1.29, 1.82) is 0 Å². The average molecular weight is 938 g/mol. The lowest BCUT2D eigenvalue weighted by molar-refractivity contribution is -0.366. The van der Waals surface area contributed by atoms with Crippen molar-refractivity contribution >= 4 is 23.9 Å². The first kappa shape index (κ1) is 53.9. The molecule has 16 atom stereocenters. The molecule has 3 aliphatic rings. The summed E-state index contributed by atoms with van der Waals surface area (Å²) in [7, 11) is 0. The summed E-state index contributed by atoms with van der Waals surface area (Å²) in [5, 5.41) is 120. The number of hydrogen-bond donors (Lipinski definition) is 14. The van der Waals surface area contributed by atoms with Crippen LogP contribution in [0.25, 0.3) is 0 Å². The largest absolute Gasteiger partial charge is 0.480 e. The number of amides is 3. The summed E-state index contributed by atoms with van der Waals surface area (Å²) in [6.45, 7) is -2.33. The van der Waals surface area contributed by atoms with E-state index in [1.54, 1.807) is 24.3 Å². The molecule has 370 valence electrons. The molecule has 0 unspecified atom stereocenters. The van der Waals surface area contributed by atoms with Crippen LogP contribution in [-0.2, 0) is 54.1 Å². The number of aliphatic hydroxyl groups is 10. The first-order chi connectivity index (χ1) is 31.1. The molecular weight excluding hydrogens is 874 g/mol. The van der Waals surface area contributed by atoms with Gasteiger partial charge < -0.3 is 105 Å². The number of carboxylic acids is 1. The van der Waals surface area contributed by atoms with Crippen LogP contribution in [0.1, 0.15) is 50.5 Å². The van der Waals surface area contributed by atoms with Crippen LogP contribution >= 0.6 is 0 Å². The maximum Gasteiger partial charge on any atom is 0.408 e. The standard InChI is InChI=1S/C40H63N3O22/c44-16-22-27(48)30(51)32(53)37(62-22)60-19-24-29(50)35(65-39-33(54)31(52)28(49)23(17-45)63-39)34(55)38(64-24)59-15-14-42-26(47)12-5-4-11-25(46)41-13-7-6-10-21(36(56)57)43-40(58)61-18-20-8-2-1-3-9-20/h1-3,8-9,21-24,27-35,37-39,44-45,48-55H,4-7,10-19H2,(H,41,46)(H,42,47)(H,43,58)(H,56,57)/t21-,22+,23+,24+,27+,28+,29+,30-,31-,32-,33-,34-,35-,37-,38-,39-/m0/s1. The fourth-order valence-electron chi connectivity index (χ4n) is 7.05. The lowest BCUT2D eigenvalue weighted by Crippen LogP contribution is -2.65. The van der Waals surface area contributed by atoms with Gasteiger partial charge in [0.05, 0.1) is 26.4 Å².